The SMILES string of the molecule is CCCCCOCc1c(COCCCCC)c2c3c4c1Cc1c(COCCCCC)c(COCCCCC)c5c(c14)c1c(c(COCCCCC)c(COCCCCC)c(c31)C2)C5. The maximum Gasteiger partial charge on any atom is 0.0723 e. The third-order valence-corrected chi connectivity index (χ3v) is 14.5. The molecule has 0 bridgehead atoms. The van der Waals surface area contributed by atoms with E-state index in [1.54, 1.807) is 0 Å². The highest BCUT2D eigenvalue weighted by molar-refractivity contribution is 6.34. The van der Waals surface area contributed by atoms with Crippen LogP contribution in [0.3, 0.4) is 0 Å². The van der Waals surface area contributed by atoms with Gasteiger partial charge in [-0.1, -0.05) is 119 Å². The van der Waals surface area contributed by atoms with Crippen LogP contribution in [0.4, 0.5) is 0 Å². The van der Waals surface area contributed by atoms with E-state index >= 15 is 0 Å². The Labute approximate surface area is 381 Å². The van der Waals surface area contributed by atoms with E-state index in [0.717, 1.165) is 97.4 Å². The van der Waals surface area contributed by atoms with Crippen molar-refractivity contribution in [2.24, 2.45) is 0 Å². The summed E-state index contributed by atoms with van der Waals surface area (Å²) in [6.07, 6.45) is 23.7. The molecule has 0 aromatic heterocycles. The van der Waals surface area contributed by atoms with Gasteiger partial charge >= 0.3 is 0 Å². The zero-order valence-electron chi connectivity index (χ0n) is 40.8. The van der Waals surface area contributed by atoms with Crippen molar-refractivity contribution in [3.05, 3.63) is 66.8 Å². The highest BCUT2D eigenvalue weighted by Gasteiger charge is 2.40. The Morgan fingerprint density at radius 2 is 0.397 bits per heavy atom. The second-order valence-corrected chi connectivity index (χ2v) is 19.1. The zero-order chi connectivity index (χ0) is 44.0. The van der Waals surface area contributed by atoms with Gasteiger partial charge in [0.1, 0.15) is 0 Å². The largest absolute Gasteiger partial charge is 0.377 e. The average molecular weight is 865 g/mol. The van der Waals surface area contributed by atoms with E-state index in [4.69, 9.17) is 28.4 Å². The minimum Gasteiger partial charge on any atom is -0.377 e. The molecule has 0 spiro atoms. The van der Waals surface area contributed by atoms with Gasteiger partial charge in [-0.3, -0.25) is 0 Å². The standard InChI is InChI=1S/C57H84O6/c1-7-13-19-25-58-34-46-40-31-42-48(36-60-27-21-15-9-3)50(38-62-29-23-17-11-5)44-33-45-51(39-63-30-24-18-12-6)49(37-61-28-22-16-10-4)43-32-41(47(46)35-59-26-20-14-8-2)53-52(40)54(42)56(44)57(45)55(43)53/h7-39H2,1-6H3. The van der Waals surface area contributed by atoms with Crippen LogP contribution in [0.5, 0.6) is 0 Å². The number of unbranched alkanes of at least 4 members (excludes halogenated alkanes) is 12. The molecule has 0 fully saturated rings. The second-order valence-electron chi connectivity index (χ2n) is 19.1. The molecule has 7 rings (SSSR count). The van der Waals surface area contributed by atoms with E-state index in [1.165, 1.54) is 176 Å². The van der Waals surface area contributed by atoms with Crippen LogP contribution in [-0.2, 0) is 87.3 Å². The van der Waals surface area contributed by atoms with E-state index in [-0.39, 0.29) is 0 Å². The average Bonchev–Trinajstić information content (AvgIpc) is 4.00. The van der Waals surface area contributed by atoms with Gasteiger partial charge in [0.15, 0.2) is 0 Å². The summed E-state index contributed by atoms with van der Waals surface area (Å²) >= 11 is 0. The summed E-state index contributed by atoms with van der Waals surface area (Å²) in [4.78, 5) is 0. The quantitative estimate of drug-likeness (QED) is 0.0289. The van der Waals surface area contributed by atoms with Crippen molar-refractivity contribution < 1.29 is 28.4 Å². The normalized spacial score (nSPS) is 13.4. The van der Waals surface area contributed by atoms with Crippen LogP contribution in [0.25, 0.3) is 32.3 Å². The third-order valence-electron chi connectivity index (χ3n) is 14.5. The minimum absolute atomic E-state index is 0.637. The Hall–Kier alpha value is -2.58. The third kappa shape index (κ3) is 10.7. The second kappa shape index (κ2) is 24.8. The van der Waals surface area contributed by atoms with Gasteiger partial charge in [0.05, 0.1) is 39.6 Å². The van der Waals surface area contributed by atoms with Crippen molar-refractivity contribution in [3.63, 3.8) is 0 Å². The molecule has 3 aliphatic carbocycles. The fourth-order valence-electron chi connectivity index (χ4n) is 11.1. The molecule has 0 unspecified atom stereocenters. The monoisotopic (exact) mass is 865 g/mol. The fraction of sp³-hybridized carbons (Fsp3) is 0.684. The highest BCUT2D eigenvalue weighted by atomic mass is 16.5. The van der Waals surface area contributed by atoms with E-state index < -0.39 is 0 Å². The molecule has 0 atom stereocenters. The Morgan fingerprint density at radius 3 is 0.540 bits per heavy atom. The fourth-order valence-corrected chi connectivity index (χ4v) is 11.1. The topological polar surface area (TPSA) is 55.4 Å². The van der Waals surface area contributed by atoms with Crippen molar-refractivity contribution >= 4 is 32.3 Å². The van der Waals surface area contributed by atoms with Gasteiger partial charge in [-0.25, -0.2) is 0 Å². The molecule has 3 aliphatic rings. The Balaban J connectivity index is 1.45. The number of benzene rings is 4. The van der Waals surface area contributed by atoms with Crippen molar-refractivity contribution in [2.75, 3.05) is 39.6 Å². The molecule has 0 amide bonds. The predicted molar refractivity (Wildman–Crippen MR) is 262 cm³/mol. The van der Waals surface area contributed by atoms with Crippen LogP contribution in [0, 0.1) is 0 Å². The smallest absolute Gasteiger partial charge is 0.0723 e. The van der Waals surface area contributed by atoms with Gasteiger partial charge < -0.3 is 28.4 Å². The first-order valence-corrected chi connectivity index (χ1v) is 26.2. The maximum absolute atomic E-state index is 6.72. The lowest BCUT2D eigenvalue weighted by atomic mass is 9.87. The Morgan fingerprint density at radius 1 is 0.238 bits per heavy atom. The summed E-state index contributed by atoms with van der Waals surface area (Å²) < 4.78 is 40.3. The molecule has 0 heterocycles. The lowest BCUT2D eigenvalue weighted by Gasteiger charge is -2.20. The van der Waals surface area contributed by atoms with Crippen molar-refractivity contribution in [1.29, 1.82) is 0 Å². The summed E-state index contributed by atoms with van der Waals surface area (Å²) in [5.74, 6) is 0. The van der Waals surface area contributed by atoms with E-state index in [0.29, 0.717) is 39.6 Å². The first-order valence-electron chi connectivity index (χ1n) is 26.2. The molecular weight excluding hydrogens is 781 g/mol. The summed E-state index contributed by atoms with van der Waals surface area (Å²) in [6, 6.07) is 0. The molecule has 4 aromatic carbocycles. The van der Waals surface area contributed by atoms with Crippen molar-refractivity contribution in [1.82, 2.24) is 0 Å². The molecule has 0 N–H and O–H groups in total. The van der Waals surface area contributed by atoms with Gasteiger partial charge in [-0.2, -0.15) is 0 Å². The van der Waals surface area contributed by atoms with Gasteiger partial charge in [-0.05, 0) is 157 Å². The molecule has 63 heavy (non-hydrogen) atoms. The summed E-state index contributed by atoms with van der Waals surface area (Å²) in [6.45, 7) is 22.2. The summed E-state index contributed by atoms with van der Waals surface area (Å²) in [5.41, 5.74) is 17.2. The van der Waals surface area contributed by atoms with Gasteiger partial charge in [-0.15, -0.1) is 0 Å². The molecule has 6 heteroatoms. The summed E-state index contributed by atoms with van der Waals surface area (Å²) in [7, 11) is 0. The molecular formula is C57H84O6. The van der Waals surface area contributed by atoms with Crippen LogP contribution >= 0.6 is 0 Å². The zero-order valence-corrected chi connectivity index (χ0v) is 40.8. The Kier molecular flexibility index (Phi) is 19.0. The van der Waals surface area contributed by atoms with Gasteiger partial charge in [0, 0.05) is 39.6 Å². The summed E-state index contributed by atoms with van der Waals surface area (Å²) in [5, 5.41) is 8.99. The van der Waals surface area contributed by atoms with Crippen LogP contribution in [0.1, 0.15) is 224 Å². The number of rotatable bonds is 36. The number of hydrogen-bond donors (Lipinski definition) is 0. The molecule has 0 saturated heterocycles. The molecule has 6 nitrogen and oxygen atoms in total. The minimum atomic E-state index is 0.637. The Bertz CT molecular complexity index is 1700. The lowest BCUT2D eigenvalue weighted by Crippen LogP contribution is -2.10. The van der Waals surface area contributed by atoms with Crippen molar-refractivity contribution in [3.8, 4) is 0 Å². The van der Waals surface area contributed by atoms with E-state index in [2.05, 4.69) is 41.5 Å². The first kappa shape index (κ1) is 48.4. The van der Waals surface area contributed by atoms with Crippen LogP contribution in [0.2, 0.25) is 0 Å². The van der Waals surface area contributed by atoms with Gasteiger partial charge in [0.2, 0.25) is 0 Å². The highest BCUT2D eigenvalue weighted by Crippen LogP contribution is 2.58. The predicted octanol–water partition coefficient (Wildman–Crippen LogP) is 15.1. The van der Waals surface area contributed by atoms with E-state index in [1.807, 2.05) is 0 Å². The number of hydrogen-bond acceptors (Lipinski definition) is 6. The van der Waals surface area contributed by atoms with Crippen LogP contribution in [-0.4, -0.2) is 39.6 Å². The lowest BCUT2D eigenvalue weighted by molar-refractivity contribution is 0.102. The van der Waals surface area contributed by atoms with E-state index in [9.17, 15) is 0 Å². The van der Waals surface area contributed by atoms with Crippen molar-refractivity contribution in [2.45, 2.75) is 216 Å². The molecule has 0 radical (unpaired) electrons. The number of ether oxygens (including phenoxy) is 6. The van der Waals surface area contributed by atoms with Gasteiger partial charge in [0.25, 0.3) is 0 Å². The molecule has 348 valence electrons. The molecule has 0 saturated carbocycles. The maximum atomic E-state index is 6.72. The first-order chi connectivity index (χ1) is 31.1. The van der Waals surface area contributed by atoms with Crippen LogP contribution in [0.15, 0.2) is 0 Å². The molecule has 0 aliphatic heterocycles. The molecule has 4 aromatic rings. The van der Waals surface area contributed by atoms with Crippen LogP contribution < -0.4 is 0 Å².